The van der Waals surface area contributed by atoms with Gasteiger partial charge in [0.2, 0.25) is 0 Å². The van der Waals surface area contributed by atoms with Crippen LogP contribution in [0.2, 0.25) is 0 Å². The van der Waals surface area contributed by atoms with Crippen molar-refractivity contribution < 1.29 is 9.47 Å². The van der Waals surface area contributed by atoms with E-state index in [1.807, 2.05) is 18.7 Å². The molecule has 3 atom stereocenters. The van der Waals surface area contributed by atoms with Crippen LogP contribution in [0.15, 0.2) is 6.33 Å². The minimum absolute atomic E-state index is 0.300. The van der Waals surface area contributed by atoms with Crippen molar-refractivity contribution in [3.8, 4) is 0 Å². The van der Waals surface area contributed by atoms with Crippen molar-refractivity contribution in [1.29, 1.82) is 0 Å². The zero-order valence-electron chi connectivity index (χ0n) is 16.3. The molecule has 7 nitrogen and oxygen atoms in total. The Morgan fingerprint density at radius 2 is 2.12 bits per heavy atom. The van der Waals surface area contributed by atoms with E-state index in [0.29, 0.717) is 5.41 Å². The molecule has 26 heavy (non-hydrogen) atoms. The Kier molecular flexibility index (Phi) is 5.59. The van der Waals surface area contributed by atoms with E-state index < -0.39 is 0 Å². The molecule has 146 valence electrons. The lowest BCUT2D eigenvalue weighted by molar-refractivity contribution is -0.0875. The summed E-state index contributed by atoms with van der Waals surface area (Å²) >= 11 is 0. The number of rotatable bonds is 5. The Bertz CT molecular complexity index is 588. The fourth-order valence-electron chi connectivity index (χ4n) is 5.43. The van der Waals surface area contributed by atoms with Gasteiger partial charge in [-0.25, -0.2) is 0 Å². The molecule has 3 fully saturated rings. The van der Waals surface area contributed by atoms with Crippen LogP contribution >= 0.6 is 0 Å². The van der Waals surface area contributed by atoms with Crippen molar-refractivity contribution in [3.63, 3.8) is 0 Å². The van der Waals surface area contributed by atoms with E-state index >= 15 is 0 Å². The molecule has 7 heteroatoms. The lowest BCUT2D eigenvalue weighted by Crippen LogP contribution is -2.57. The van der Waals surface area contributed by atoms with Gasteiger partial charge in [-0.1, -0.05) is 0 Å². The van der Waals surface area contributed by atoms with Gasteiger partial charge >= 0.3 is 0 Å². The molecule has 1 aliphatic carbocycles. The topological polar surface area (TPSA) is 55.7 Å². The fourth-order valence-corrected chi connectivity index (χ4v) is 5.43. The van der Waals surface area contributed by atoms with Crippen LogP contribution in [0.5, 0.6) is 0 Å². The maximum atomic E-state index is 5.74. The average molecular weight is 364 g/mol. The molecule has 0 amide bonds. The first-order valence-electron chi connectivity index (χ1n) is 10.1. The van der Waals surface area contributed by atoms with E-state index in [1.165, 1.54) is 25.7 Å². The number of aryl methyl sites for hydroxylation is 1. The molecule has 0 aromatic carbocycles. The van der Waals surface area contributed by atoms with Crippen molar-refractivity contribution >= 4 is 0 Å². The van der Waals surface area contributed by atoms with Gasteiger partial charge in [0.1, 0.15) is 12.2 Å². The highest BCUT2D eigenvalue weighted by Crippen LogP contribution is 2.48. The minimum atomic E-state index is 0.300. The number of hydrogen-bond acceptors (Lipinski definition) is 6. The quantitative estimate of drug-likeness (QED) is 0.782. The van der Waals surface area contributed by atoms with E-state index in [-0.39, 0.29) is 0 Å². The number of ether oxygens (including phenoxy) is 2. The zero-order valence-corrected chi connectivity index (χ0v) is 16.3. The van der Waals surface area contributed by atoms with Crippen LogP contribution in [-0.2, 0) is 23.1 Å². The number of methoxy groups -OCH3 is 1. The van der Waals surface area contributed by atoms with E-state index in [4.69, 9.17) is 9.47 Å². The molecule has 3 heterocycles. The van der Waals surface area contributed by atoms with Gasteiger partial charge in [-0.3, -0.25) is 9.80 Å². The van der Waals surface area contributed by atoms with Crippen LogP contribution in [0.3, 0.4) is 0 Å². The molecule has 0 N–H and O–H groups in total. The predicted molar refractivity (Wildman–Crippen MR) is 98.7 cm³/mol. The van der Waals surface area contributed by atoms with Gasteiger partial charge in [-0.05, 0) is 38.1 Å². The molecule has 2 saturated heterocycles. The summed E-state index contributed by atoms with van der Waals surface area (Å²) in [6.45, 7) is 8.04. The van der Waals surface area contributed by atoms with Gasteiger partial charge in [-0.2, -0.15) is 0 Å². The third-order valence-electron chi connectivity index (χ3n) is 6.89. The summed E-state index contributed by atoms with van der Waals surface area (Å²) in [6, 6.07) is 0.735. The highest BCUT2D eigenvalue weighted by molar-refractivity contribution is 5.00. The summed E-state index contributed by atoms with van der Waals surface area (Å²) in [5, 5.41) is 8.31. The van der Waals surface area contributed by atoms with Gasteiger partial charge in [0.25, 0.3) is 0 Å². The molecule has 0 bridgehead atoms. The number of aromatic nitrogens is 3. The normalized spacial score (nSPS) is 33.9. The molecule has 1 aromatic heterocycles. The molecule has 3 aliphatic rings. The molecular formula is C19H33N5O2. The summed E-state index contributed by atoms with van der Waals surface area (Å²) < 4.78 is 13.3. The van der Waals surface area contributed by atoms with Gasteiger partial charge < -0.3 is 14.0 Å². The summed E-state index contributed by atoms with van der Waals surface area (Å²) in [6.07, 6.45) is 6.93. The predicted octanol–water partition coefficient (Wildman–Crippen LogP) is 1.15. The first-order valence-corrected chi connectivity index (χ1v) is 10.1. The third-order valence-corrected chi connectivity index (χ3v) is 6.89. The van der Waals surface area contributed by atoms with Gasteiger partial charge in [0.05, 0.1) is 26.4 Å². The first-order chi connectivity index (χ1) is 12.7. The lowest BCUT2D eigenvalue weighted by Gasteiger charge is -2.54. The minimum Gasteiger partial charge on any atom is -0.384 e. The lowest BCUT2D eigenvalue weighted by atomic mass is 9.62. The highest BCUT2D eigenvalue weighted by Gasteiger charge is 2.48. The van der Waals surface area contributed by atoms with E-state index in [9.17, 15) is 0 Å². The Hall–Kier alpha value is -1.02. The molecule has 1 saturated carbocycles. The van der Waals surface area contributed by atoms with Crippen molar-refractivity contribution in [2.75, 3.05) is 53.1 Å². The van der Waals surface area contributed by atoms with Crippen LogP contribution in [0.25, 0.3) is 0 Å². The monoisotopic (exact) mass is 363 g/mol. The maximum Gasteiger partial charge on any atom is 0.146 e. The standard InChI is InChI=1S/C19H33N5O2/c1-22-15-20-21-18(22)12-23-6-4-16-11-17(24-7-9-26-10-8-24)3-5-19(16,13-23)14-25-2/h15-17H,3-14H2,1-2H3/t16-,17-,19+/m1/s1. The Balaban J connectivity index is 1.43. The van der Waals surface area contributed by atoms with Crippen LogP contribution in [0.4, 0.5) is 0 Å². The van der Waals surface area contributed by atoms with Gasteiger partial charge in [0.15, 0.2) is 0 Å². The maximum absolute atomic E-state index is 5.74. The van der Waals surface area contributed by atoms with Crippen LogP contribution in [-0.4, -0.2) is 83.7 Å². The first kappa shape index (κ1) is 18.3. The second-order valence-electron chi connectivity index (χ2n) is 8.43. The molecule has 0 unspecified atom stereocenters. The van der Waals surface area contributed by atoms with Crippen LogP contribution in [0, 0.1) is 11.3 Å². The Morgan fingerprint density at radius 1 is 1.27 bits per heavy atom. The number of hydrogen-bond donors (Lipinski definition) is 0. The number of morpholine rings is 1. The van der Waals surface area contributed by atoms with Gasteiger partial charge in [0, 0.05) is 45.2 Å². The summed E-state index contributed by atoms with van der Waals surface area (Å²) in [7, 11) is 3.89. The largest absolute Gasteiger partial charge is 0.384 e. The number of piperidine rings is 1. The second kappa shape index (κ2) is 7.92. The Morgan fingerprint density at radius 3 is 2.85 bits per heavy atom. The SMILES string of the molecule is COC[C@@]12CC[C@@H](N3CCOCC3)C[C@H]1CCN(Cc1nncn1C)C2. The average Bonchev–Trinajstić information content (AvgIpc) is 3.07. The fraction of sp³-hybridized carbons (Fsp3) is 0.895. The molecule has 2 aliphatic heterocycles. The Labute approximate surface area is 156 Å². The molecule has 0 radical (unpaired) electrons. The molecular weight excluding hydrogens is 330 g/mol. The van der Waals surface area contributed by atoms with Crippen molar-refractivity contribution in [2.24, 2.45) is 18.4 Å². The van der Waals surface area contributed by atoms with E-state index in [1.54, 1.807) is 6.33 Å². The van der Waals surface area contributed by atoms with Crippen LogP contribution in [0.1, 0.15) is 31.5 Å². The number of likely N-dealkylation sites (tertiary alicyclic amines) is 1. The summed E-state index contributed by atoms with van der Waals surface area (Å²) in [4.78, 5) is 5.24. The van der Waals surface area contributed by atoms with Gasteiger partial charge in [-0.15, -0.1) is 10.2 Å². The van der Waals surface area contributed by atoms with Crippen LogP contribution < -0.4 is 0 Å². The van der Waals surface area contributed by atoms with E-state index in [0.717, 1.165) is 70.3 Å². The van der Waals surface area contributed by atoms with Crippen molar-refractivity contribution in [1.82, 2.24) is 24.6 Å². The zero-order chi connectivity index (χ0) is 18.0. The summed E-state index contributed by atoms with van der Waals surface area (Å²) in [5.41, 5.74) is 0.300. The smallest absolute Gasteiger partial charge is 0.146 e. The molecule has 4 rings (SSSR count). The van der Waals surface area contributed by atoms with E-state index in [2.05, 4.69) is 20.0 Å². The molecule has 0 spiro atoms. The van der Waals surface area contributed by atoms with Crippen molar-refractivity contribution in [3.05, 3.63) is 12.2 Å². The highest BCUT2D eigenvalue weighted by atomic mass is 16.5. The van der Waals surface area contributed by atoms with Crippen molar-refractivity contribution in [2.45, 2.75) is 38.3 Å². The molecule has 1 aromatic rings. The number of nitrogens with zero attached hydrogens (tertiary/aromatic N) is 5. The third kappa shape index (κ3) is 3.67. The summed E-state index contributed by atoms with van der Waals surface area (Å²) in [5.74, 6) is 1.82. The second-order valence-corrected chi connectivity index (χ2v) is 8.43. The number of fused-ring (bicyclic) bond motifs is 1.